The lowest BCUT2D eigenvalue weighted by Gasteiger charge is -2.34. The van der Waals surface area contributed by atoms with E-state index in [1.165, 1.54) is 48.2 Å². The van der Waals surface area contributed by atoms with Gasteiger partial charge in [-0.15, -0.1) is 0 Å². The molecule has 0 saturated heterocycles. The minimum absolute atomic E-state index is 0.152. The minimum Gasteiger partial charge on any atom is -0.281 e. The highest BCUT2D eigenvalue weighted by molar-refractivity contribution is 5.69. The number of nitrogens with zero attached hydrogens (tertiary/aromatic N) is 4. The van der Waals surface area contributed by atoms with Crippen molar-refractivity contribution in [1.82, 2.24) is 30.4 Å². The molecule has 2 N–H and O–H groups in total. The lowest BCUT2D eigenvalue weighted by Crippen LogP contribution is -2.32. The van der Waals surface area contributed by atoms with Crippen LogP contribution in [0.3, 0.4) is 0 Å². The Labute approximate surface area is 189 Å². The summed E-state index contributed by atoms with van der Waals surface area (Å²) in [4.78, 5) is 9.72. The summed E-state index contributed by atoms with van der Waals surface area (Å²) in [5, 5.41) is 16.3. The van der Waals surface area contributed by atoms with Crippen LogP contribution >= 0.6 is 0 Å². The predicted molar refractivity (Wildman–Crippen MR) is 123 cm³/mol. The van der Waals surface area contributed by atoms with Crippen LogP contribution in [0.4, 0.5) is 0 Å². The molecule has 2 saturated carbocycles. The molecular weight excluding hydrogens is 396 g/mol. The summed E-state index contributed by atoms with van der Waals surface area (Å²) in [6.45, 7) is 14.4. The van der Waals surface area contributed by atoms with Crippen molar-refractivity contribution in [3.63, 3.8) is 0 Å². The molecule has 0 aliphatic heterocycles. The summed E-state index contributed by atoms with van der Waals surface area (Å²) in [5.74, 6) is 1.76. The molecule has 7 rings (SSSR count). The molecule has 2 fully saturated rings. The number of aromatic amines is 2. The van der Waals surface area contributed by atoms with Crippen molar-refractivity contribution < 1.29 is 0 Å². The van der Waals surface area contributed by atoms with E-state index in [2.05, 4.69) is 56.7 Å². The number of fused-ring (bicyclic) bond motifs is 10. The third-order valence-corrected chi connectivity index (χ3v) is 11.0. The van der Waals surface area contributed by atoms with Gasteiger partial charge in [-0.25, -0.2) is 9.97 Å². The highest BCUT2D eigenvalue weighted by atomic mass is 15.2. The summed E-state index contributed by atoms with van der Waals surface area (Å²) in [6, 6.07) is 2.01. The van der Waals surface area contributed by atoms with E-state index in [0.717, 1.165) is 22.9 Å². The fraction of sp³-hybridized carbons (Fsp3) is 0.615. The van der Waals surface area contributed by atoms with Gasteiger partial charge in [-0.05, 0) is 54.4 Å². The molecular formula is C26H32N6. The number of H-pyrrole nitrogens is 2. The average Bonchev–Trinajstić information content (AvgIpc) is 3.52. The highest BCUT2D eigenvalue weighted by Gasteiger charge is 2.63. The second-order valence-electron chi connectivity index (χ2n) is 12.3. The molecule has 0 spiro atoms. The quantitative estimate of drug-likeness (QED) is 0.556. The van der Waals surface area contributed by atoms with Gasteiger partial charge in [0.2, 0.25) is 0 Å². The molecule has 0 amide bonds. The molecule has 6 nitrogen and oxygen atoms in total. The Kier molecular flexibility index (Phi) is 3.18. The minimum atomic E-state index is 0.152. The maximum atomic E-state index is 5.04. The second-order valence-corrected chi connectivity index (χ2v) is 12.3. The van der Waals surface area contributed by atoms with Crippen molar-refractivity contribution in [2.75, 3.05) is 0 Å². The summed E-state index contributed by atoms with van der Waals surface area (Å²) >= 11 is 0. The predicted octanol–water partition coefficient (Wildman–Crippen LogP) is 5.61. The second kappa shape index (κ2) is 5.35. The maximum Gasteiger partial charge on any atom is 0.180 e. The average molecular weight is 429 g/mol. The smallest absolute Gasteiger partial charge is 0.180 e. The van der Waals surface area contributed by atoms with E-state index in [-0.39, 0.29) is 21.7 Å². The first kappa shape index (κ1) is 19.0. The first-order chi connectivity index (χ1) is 15.1. The third-order valence-electron chi connectivity index (χ3n) is 11.0. The van der Waals surface area contributed by atoms with Gasteiger partial charge in [-0.1, -0.05) is 41.5 Å². The monoisotopic (exact) mass is 428 g/mol. The van der Waals surface area contributed by atoms with Crippen LogP contribution < -0.4 is 0 Å². The van der Waals surface area contributed by atoms with Gasteiger partial charge in [0, 0.05) is 39.5 Å². The molecule has 3 aromatic heterocycles. The van der Waals surface area contributed by atoms with Gasteiger partial charge in [-0.2, -0.15) is 10.2 Å². The van der Waals surface area contributed by atoms with Gasteiger partial charge in [0.1, 0.15) is 11.4 Å². The Morgan fingerprint density at radius 3 is 1.91 bits per heavy atom. The van der Waals surface area contributed by atoms with Crippen LogP contribution in [0.25, 0.3) is 22.9 Å². The zero-order valence-electron chi connectivity index (χ0n) is 19.9. The van der Waals surface area contributed by atoms with E-state index >= 15 is 0 Å². The van der Waals surface area contributed by atoms with Crippen molar-refractivity contribution in [3.8, 4) is 22.9 Å². The first-order valence-corrected chi connectivity index (χ1v) is 12.1. The van der Waals surface area contributed by atoms with Gasteiger partial charge in [-0.3, -0.25) is 10.2 Å². The molecule has 0 aromatic carbocycles. The maximum absolute atomic E-state index is 5.04. The van der Waals surface area contributed by atoms with Crippen LogP contribution in [0.2, 0.25) is 0 Å². The first-order valence-electron chi connectivity index (χ1n) is 12.1. The Hall–Kier alpha value is -2.50. The molecule has 4 aliphatic rings. The zero-order chi connectivity index (χ0) is 22.3. The standard InChI is InChI=1S/C26H32N6/c1-23(2)13-7-10-25(23,5)20-16(13)18(29-31-20)15-9-12-27-22(28-15)19-17-14-8-11-26(6,24(14,3)4)21(17)32-30-19/h9,12-14H,7-8,10-11H2,1-6H3,(H,29,31)(H,30,32). The van der Waals surface area contributed by atoms with E-state index in [9.17, 15) is 0 Å². The van der Waals surface area contributed by atoms with E-state index in [0.29, 0.717) is 11.8 Å². The number of nitrogens with one attached hydrogen (secondary N) is 2. The van der Waals surface area contributed by atoms with E-state index in [1.807, 2.05) is 12.3 Å². The molecule has 4 aliphatic carbocycles. The summed E-state index contributed by atoms with van der Waals surface area (Å²) in [5.41, 5.74) is 8.99. The Bertz CT molecular complexity index is 1200. The van der Waals surface area contributed by atoms with Crippen LogP contribution in [0.5, 0.6) is 0 Å². The van der Waals surface area contributed by atoms with Gasteiger partial charge < -0.3 is 0 Å². The Morgan fingerprint density at radius 2 is 1.31 bits per heavy atom. The van der Waals surface area contributed by atoms with E-state index < -0.39 is 0 Å². The van der Waals surface area contributed by atoms with Gasteiger partial charge >= 0.3 is 0 Å². The largest absolute Gasteiger partial charge is 0.281 e. The summed E-state index contributed by atoms with van der Waals surface area (Å²) < 4.78 is 0. The molecule has 32 heavy (non-hydrogen) atoms. The molecule has 3 heterocycles. The van der Waals surface area contributed by atoms with Crippen LogP contribution in [0, 0.1) is 10.8 Å². The van der Waals surface area contributed by atoms with Crippen molar-refractivity contribution in [2.45, 2.75) is 89.9 Å². The Morgan fingerprint density at radius 1 is 0.781 bits per heavy atom. The van der Waals surface area contributed by atoms with E-state index in [4.69, 9.17) is 15.2 Å². The number of hydrogen-bond donors (Lipinski definition) is 2. The van der Waals surface area contributed by atoms with Crippen molar-refractivity contribution >= 4 is 0 Å². The van der Waals surface area contributed by atoms with Crippen LogP contribution in [-0.2, 0) is 10.8 Å². The molecule has 3 aromatic rings. The fourth-order valence-electron chi connectivity index (χ4n) is 8.10. The number of rotatable bonds is 2. The summed E-state index contributed by atoms with van der Waals surface area (Å²) in [7, 11) is 0. The van der Waals surface area contributed by atoms with E-state index in [1.54, 1.807) is 0 Å². The summed E-state index contributed by atoms with van der Waals surface area (Å²) in [6.07, 6.45) is 6.76. The molecule has 4 unspecified atom stereocenters. The molecule has 0 radical (unpaired) electrons. The zero-order valence-corrected chi connectivity index (χ0v) is 19.9. The third kappa shape index (κ3) is 1.80. The van der Waals surface area contributed by atoms with Crippen LogP contribution in [0.15, 0.2) is 12.3 Å². The topological polar surface area (TPSA) is 83.1 Å². The number of hydrogen-bond acceptors (Lipinski definition) is 4. The fourth-order valence-corrected chi connectivity index (χ4v) is 8.10. The SMILES string of the molecule is CC12CCC(c3c(-c4ccnc(-c5n[nH]c6c5C5CCC6(C)C5(C)C)n4)n[nH]c31)C2(C)C. The van der Waals surface area contributed by atoms with Crippen molar-refractivity contribution in [1.29, 1.82) is 0 Å². The van der Waals surface area contributed by atoms with Crippen molar-refractivity contribution in [3.05, 3.63) is 34.8 Å². The molecule has 166 valence electrons. The van der Waals surface area contributed by atoms with Crippen LogP contribution in [0.1, 0.15) is 102 Å². The van der Waals surface area contributed by atoms with Crippen LogP contribution in [-0.4, -0.2) is 30.4 Å². The van der Waals surface area contributed by atoms with Gasteiger partial charge in [0.25, 0.3) is 0 Å². The van der Waals surface area contributed by atoms with Crippen molar-refractivity contribution in [2.24, 2.45) is 10.8 Å². The highest BCUT2D eigenvalue weighted by Crippen LogP contribution is 2.69. The molecule has 4 atom stereocenters. The lowest BCUT2D eigenvalue weighted by molar-refractivity contribution is 0.225. The van der Waals surface area contributed by atoms with Gasteiger partial charge in [0.05, 0.1) is 5.69 Å². The normalized spacial score (nSPS) is 34.8. The van der Waals surface area contributed by atoms with Gasteiger partial charge in [0.15, 0.2) is 5.82 Å². The number of aromatic nitrogens is 6. The molecule has 4 bridgehead atoms. The lowest BCUT2D eigenvalue weighted by atomic mass is 9.70. The Balaban J connectivity index is 1.35. The molecule has 6 heteroatoms.